The highest BCUT2D eigenvalue weighted by Gasteiger charge is 2.26. The van der Waals surface area contributed by atoms with Crippen LogP contribution in [0.4, 0.5) is 0 Å². The Hall–Kier alpha value is -2.73. The quantitative estimate of drug-likeness (QED) is 0.726. The summed E-state index contributed by atoms with van der Waals surface area (Å²) in [5.74, 6) is 0.0221. The number of piperidine rings is 1. The molecule has 1 amide bonds. The van der Waals surface area contributed by atoms with Crippen LogP contribution in [0.5, 0.6) is 0 Å². The van der Waals surface area contributed by atoms with Crippen LogP contribution in [0.25, 0.3) is 5.65 Å². The van der Waals surface area contributed by atoms with Crippen LogP contribution in [0.2, 0.25) is 0 Å². The van der Waals surface area contributed by atoms with Gasteiger partial charge in [-0.15, -0.1) is 0 Å². The van der Waals surface area contributed by atoms with Gasteiger partial charge in [-0.3, -0.25) is 4.79 Å². The first-order chi connectivity index (χ1) is 12.7. The second kappa shape index (κ2) is 7.25. The zero-order valence-corrected chi connectivity index (χ0v) is 14.8. The van der Waals surface area contributed by atoms with Gasteiger partial charge in [0.2, 0.25) is 0 Å². The van der Waals surface area contributed by atoms with Crippen molar-refractivity contribution >= 4 is 11.6 Å². The number of amides is 1. The van der Waals surface area contributed by atoms with Crippen LogP contribution >= 0.6 is 0 Å². The minimum Gasteiger partial charge on any atom is -0.373 e. The summed E-state index contributed by atoms with van der Waals surface area (Å²) in [4.78, 5) is 19.1. The number of likely N-dealkylation sites (tertiary alicyclic amines) is 1. The van der Waals surface area contributed by atoms with Crippen LogP contribution in [-0.4, -0.2) is 44.6 Å². The van der Waals surface area contributed by atoms with Crippen LogP contribution < -0.4 is 0 Å². The number of fused-ring (bicyclic) bond motifs is 1. The number of aromatic nitrogens is 3. The third-order valence-corrected chi connectivity index (χ3v) is 4.94. The lowest BCUT2D eigenvalue weighted by atomic mass is 10.1. The maximum Gasteiger partial charge on any atom is 0.257 e. The number of hydrogen-bond donors (Lipinski definition) is 0. The lowest BCUT2D eigenvalue weighted by Crippen LogP contribution is -2.41. The molecule has 0 N–H and O–H groups in total. The molecule has 0 unspecified atom stereocenters. The molecular weight excluding hydrogens is 328 g/mol. The molecule has 6 heteroatoms. The van der Waals surface area contributed by atoms with Crippen molar-refractivity contribution in [3.8, 4) is 0 Å². The van der Waals surface area contributed by atoms with Gasteiger partial charge in [-0.05, 0) is 25.3 Å². The first-order valence-corrected chi connectivity index (χ1v) is 8.96. The summed E-state index contributed by atoms with van der Waals surface area (Å²) in [6.07, 6.45) is 5.27. The van der Waals surface area contributed by atoms with Crippen LogP contribution in [0.1, 0.15) is 34.5 Å². The molecule has 3 heterocycles. The highest BCUT2D eigenvalue weighted by Crippen LogP contribution is 2.19. The molecule has 2 aromatic heterocycles. The maximum absolute atomic E-state index is 12.9. The van der Waals surface area contributed by atoms with E-state index in [1.807, 2.05) is 36.1 Å². The molecule has 134 valence electrons. The third kappa shape index (κ3) is 3.32. The summed E-state index contributed by atoms with van der Waals surface area (Å²) in [6, 6.07) is 12.0. The molecule has 1 saturated heterocycles. The van der Waals surface area contributed by atoms with Gasteiger partial charge in [-0.2, -0.15) is 5.10 Å². The normalized spacial score (nSPS) is 15.5. The molecule has 1 fully saturated rings. The van der Waals surface area contributed by atoms with E-state index in [0.717, 1.165) is 24.2 Å². The molecule has 0 atom stereocenters. The fourth-order valence-electron chi connectivity index (χ4n) is 3.38. The Kier molecular flexibility index (Phi) is 4.67. The van der Waals surface area contributed by atoms with Gasteiger partial charge in [-0.25, -0.2) is 9.50 Å². The van der Waals surface area contributed by atoms with Gasteiger partial charge in [0.25, 0.3) is 5.91 Å². The summed E-state index contributed by atoms with van der Waals surface area (Å²) in [5.41, 5.74) is 3.38. The van der Waals surface area contributed by atoms with Crippen molar-refractivity contribution in [1.29, 1.82) is 0 Å². The van der Waals surface area contributed by atoms with Gasteiger partial charge in [0.05, 0.1) is 30.2 Å². The van der Waals surface area contributed by atoms with E-state index in [1.54, 1.807) is 16.9 Å². The van der Waals surface area contributed by atoms with Gasteiger partial charge < -0.3 is 9.64 Å². The molecule has 6 nitrogen and oxygen atoms in total. The Morgan fingerprint density at radius 2 is 1.96 bits per heavy atom. The van der Waals surface area contributed by atoms with Crippen LogP contribution in [-0.2, 0) is 11.3 Å². The average Bonchev–Trinajstić information content (AvgIpc) is 3.17. The van der Waals surface area contributed by atoms with Crippen molar-refractivity contribution in [3.05, 3.63) is 65.6 Å². The lowest BCUT2D eigenvalue weighted by Gasteiger charge is -2.32. The van der Waals surface area contributed by atoms with E-state index in [4.69, 9.17) is 4.74 Å². The van der Waals surface area contributed by atoms with Gasteiger partial charge in [-0.1, -0.05) is 30.3 Å². The van der Waals surface area contributed by atoms with Gasteiger partial charge >= 0.3 is 0 Å². The smallest absolute Gasteiger partial charge is 0.257 e. The van der Waals surface area contributed by atoms with Crippen molar-refractivity contribution in [3.63, 3.8) is 0 Å². The molecule has 26 heavy (non-hydrogen) atoms. The van der Waals surface area contributed by atoms with Crippen LogP contribution in [0.3, 0.4) is 0 Å². The fraction of sp³-hybridized carbons (Fsp3) is 0.350. The van der Waals surface area contributed by atoms with E-state index in [0.29, 0.717) is 25.3 Å². The highest BCUT2D eigenvalue weighted by atomic mass is 16.5. The van der Waals surface area contributed by atoms with E-state index in [-0.39, 0.29) is 12.0 Å². The summed E-state index contributed by atoms with van der Waals surface area (Å²) in [5, 5.41) is 4.24. The van der Waals surface area contributed by atoms with Crippen LogP contribution in [0, 0.1) is 6.92 Å². The van der Waals surface area contributed by atoms with Crippen molar-refractivity contribution in [1.82, 2.24) is 19.5 Å². The first-order valence-electron chi connectivity index (χ1n) is 8.96. The molecule has 0 radical (unpaired) electrons. The van der Waals surface area contributed by atoms with E-state index in [1.165, 1.54) is 5.56 Å². The minimum absolute atomic E-state index is 0.0221. The molecular formula is C20H22N4O2. The Morgan fingerprint density at radius 1 is 1.19 bits per heavy atom. The molecule has 4 rings (SSSR count). The number of nitrogens with zero attached hydrogens (tertiary/aromatic N) is 4. The second-order valence-corrected chi connectivity index (χ2v) is 6.65. The van der Waals surface area contributed by atoms with Crippen molar-refractivity contribution in [2.24, 2.45) is 0 Å². The van der Waals surface area contributed by atoms with Gasteiger partial charge in [0.1, 0.15) is 0 Å². The zero-order chi connectivity index (χ0) is 17.9. The third-order valence-electron chi connectivity index (χ3n) is 4.94. The summed E-state index contributed by atoms with van der Waals surface area (Å²) < 4.78 is 7.72. The largest absolute Gasteiger partial charge is 0.373 e. The summed E-state index contributed by atoms with van der Waals surface area (Å²) >= 11 is 0. The molecule has 3 aromatic rings. The van der Waals surface area contributed by atoms with Crippen molar-refractivity contribution < 1.29 is 9.53 Å². The number of carbonyl (C=O) groups is 1. The monoisotopic (exact) mass is 350 g/mol. The SMILES string of the molecule is Cc1c(C(=O)N2CCC(OCc3ccccc3)CC2)cnc2ccnn12. The number of ether oxygens (including phenoxy) is 1. The average molecular weight is 350 g/mol. The standard InChI is InChI=1S/C20H22N4O2/c1-15-18(13-21-19-7-10-22-24(15)19)20(25)23-11-8-17(9-12-23)26-14-16-5-3-2-4-6-16/h2-7,10,13,17H,8-9,11-12,14H2,1H3. The molecule has 0 aliphatic carbocycles. The molecule has 1 aliphatic rings. The Balaban J connectivity index is 1.36. The molecule has 1 aliphatic heterocycles. The van der Waals surface area contributed by atoms with Gasteiger partial charge in [0.15, 0.2) is 5.65 Å². The summed E-state index contributed by atoms with van der Waals surface area (Å²) in [7, 11) is 0. The number of aryl methyl sites for hydroxylation is 1. The Labute approximate surface area is 152 Å². The molecule has 0 spiro atoms. The van der Waals surface area contributed by atoms with Crippen LogP contribution in [0.15, 0.2) is 48.8 Å². The maximum atomic E-state index is 12.9. The van der Waals surface area contributed by atoms with Gasteiger partial charge in [0, 0.05) is 25.4 Å². The molecule has 0 saturated carbocycles. The van der Waals surface area contributed by atoms with E-state index < -0.39 is 0 Å². The fourth-order valence-corrected chi connectivity index (χ4v) is 3.38. The van der Waals surface area contributed by atoms with E-state index >= 15 is 0 Å². The first kappa shape index (κ1) is 16.7. The minimum atomic E-state index is 0.0221. The number of carbonyl (C=O) groups excluding carboxylic acids is 1. The molecule has 1 aromatic carbocycles. The number of benzene rings is 1. The summed E-state index contributed by atoms with van der Waals surface area (Å²) in [6.45, 7) is 3.94. The molecule has 0 bridgehead atoms. The topological polar surface area (TPSA) is 59.7 Å². The van der Waals surface area contributed by atoms with Crippen molar-refractivity contribution in [2.75, 3.05) is 13.1 Å². The van der Waals surface area contributed by atoms with E-state index in [9.17, 15) is 4.79 Å². The highest BCUT2D eigenvalue weighted by molar-refractivity contribution is 5.95. The van der Waals surface area contributed by atoms with E-state index in [2.05, 4.69) is 22.2 Å². The lowest BCUT2D eigenvalue weighted by molar-refractivity contribution is -0.000417. The zero-order valence-electron chi connectivity index (χ0n) is 14.8. The number of hydrogen-bond acceptors (Lipinski definition) is 4. The predicted octanol–water partition coefficient (Wildman–Crippen LogP) is 2.86. The van der Waals surface area contributed by atoms with Crippen molar-refractivity contribution in [2.45, 2.75) is 32.5 Å². The second-order valence-electron chi connectivity index (χ2n) is 6.65. The predicted molar refractivity (Wildman–Crippen MR) is 97.9 cm³/mol. The Morgan fingerprint density at radius 3 is 2.73 bits per heavy atom. The number of rotatable bonds is 4. The Bertz CT molecular complexity index is 899.